The molecule has 0 bridgehead atoms. The van der Waals surface area contributed by atoms with Crippen molar-refractivity contribution in [3.63, 3.8) is 0 Å². The van der Waals surface area contributed by atoms with E-state index in [9.17, 15) is 4.79 Å². The first-order chi connectivity index (χ1) is 8.65. The monoisotopic (exact) mass is 247 g/mol. The number of benzene rings is 1. The minimum absolute atomic E-state index is 0.104. The Balaban J connectivity index is 1.88. The summed E-state index contributed by atoms with van der Waals surface area (Å²) in [7, 11) is 0. The summed E-state index contributed by atoms with van der Waals surface area (Å²) < 4.78 is 5.57. The molecule has 1 aliphatic carbocycles. The van der Waals surface area contributed by atoms with E-state index in [1.165, 1.54) is 12.8 Å². The van der Waals surface area contributed by atoms with Crippen molar-refractivity contribution in [1.29, 1.82) is 0 Å². The molecular formula is C15H21NO2. The lowest BCUT2D eigenvalue weighted by atomic mass is 9.88. The van der Waals surface area contributed by atoms with Crippen LogP contribution in [0.4, 0.5) is 5.69 Å². The first-order valence-electron chi connectivity index (χ1n) is 6.69. The third-order valence-corrected chi connectivity index (χ3v) is 3.62. The maximum atomic E-state index is 11.9. The van der Waals surface area contributed by atoms with E-state index in [1.54, 1.807) is 0 Å². The number of rotatable bonds is 3. The number of carbonyl (C=O) groups is 1. The number of hydrogen-bond donors (Lipinski definition) is 1. The van der Waals surface area contributed by atoms with Gasteiger partial charge in [-0.1, -0.05) is 25.5 Å². The van der Waals surface area contributed by atoms with Crippen LogP contribution in [-0.2, 0) is 16.0 Å². The zero-order valence-corrected chi connectivity index (χ0v) is 10.9. The van der Waals surface area contributed by atoms with Crippen molar-refractivity contribution in [2.75, 3.05) is 5.73 Å². The first kappa shape index (κ1) is 12.9. The number of ether oxygens (including phenoxy) is 1. The molecule has 0 spiro atoms. The third-order valence-electron chi connectivity index (χ3n) is 3.62. The molecule has 0 saturated heterocycles. The number of esters is 1. The Morgan fingerprint density at radius 1 is 1.39 bits per heavy atom. The fourth-order valence-corrected chi connectivity index (χ4v) is 2.54. The molecule has 98 valence electrons. The van der Waals surface area contributed by atoms with Gasteiger partial charge in [0.05, 0.1) is 6.42 Å². The van der Waals surface area contributed by atoms with Crippen molar-refractivity contribution in [2.45, 2.75) is 45.1 Å². The molecule has 2 rings (SSSR count). The Morgan fingerprint density at radius 2 is 2.17 bits per heavy atom. The highest BCUT2D eigenvalue weighted by atomic mass is 16.5. The summed E-state index contributed by atoms with van der Waals surface area (Å²) in [5.41, 5.74) is 7.29. The van der Waals surface area contributed by atoms with Crippen LogP contribution >= 0.6 is 0 Å². The van der Waals surface area contributed by atoms with Gasteiger partial charge in [-0.3, -0.25) is 4.79 Å². The smallest absolute Gasteiger partial charge is 0.310 e. The topological polar surface area (TPSA) is 52.3 Å². The van der Waals surface area contributed by atoms with Gasteiger partial charge >= 0.3 is 5.97 Å². The fourth-order valence-electron chi connectivity index (χ4n) is 2.54. The Labute approximate surface area is 108 Å². The van der Waals surface area contributed by atoms with E-state index in [0.29, 0.717) is 18.0 Å². The van der Waals surface area contributed by atoms with Gasteiger partial charge in [0.1, 0.15) is 6.10 Å². The summed E-state index contributed by atoms with van der Waals surface area (Å²) in [6, 6.07) is 7.41. The summed E-state index contributed by atoms with van der Waals surface area (Å²) in [6.45, 7) is 2.16. The predicted molar refractivity (Wildman–Crippen MR) is 72.1 cm³/mol. The summed E-state index contributed by atoms with van der Waals surface area (Å²) >= 11 is 0. The lowest BCUT2D eigenvalue weighted by Crippen LogP contribution is -2.28. The quantitative estimate of drug-likeness (QED) is 0.660. The van der Waals surface area contributed by atoms with Crippen LogP contribution in [-0.4, -0.2) is 12.1 Å². The molecule has 2 unspecified atom stereocenters. The Morgan fingerprint density at radius 3 is 2.89 bits per heavy atom. The number of anilines is 1. The van der Waals surface area contributed by atoms with Crippen LogP contribution in [0.15, 0.2) is 24.3 Å². The third kappa shape index (κ3) is 3.49. The number of hydrogen-bond acceptors (Lipinski definition) is 3. The molecule has 1 fully saturated rings. The van der Waals surface area contributed by atoms with E-state index in [0.717, 1.165) is 18.4 Å². The normalized spacial score (nSPS) is 23.6. The highest BCUT2D eigenvalue weighted by molar-refractivity contribution is 5.73. The van der Waals surface area contributed by atoms with E-state index >= 15 is 0 Å². The van der Waals surface area contributed by atoms with Crippen LogP contribution in [0.25, 0.3) is 0 Å². The first-order valence-corrected chi connectivity index (χ1v) is 6.69. The van der Waals surface area contributed by atoms with Gasteiger partial charge in [0.2, 0.25) is 0 Å². The predicted octanol–water partition coefficient (Wildman–Crippen LogP) is 2.93. The van der Waals surface area contributed by atoms with Crippen molar-refractivity contribution in [3.8, 4) is 0 Å². The van der Waals surface area contributed by atoms with Crippen LogP contribution in [0.3, 0.4) is 0 Å². The zero-order valence-electron chi connectivity index (χ0n) is 10.9. The van der Waals surface area contributed by atoms with Gasteiger partial charge in [-0.05, 0) is 42.9 Å². The molecular weight excluding hydrogens is 226 g/mol. The van der Waals surface area contributed by atoms with E-state index in [-0.39, 0.29) is 12.1 Å². The molecule has 3 heteroatoms. The van der Waals surface area contributed by atoms with Gasteiger partial charge in [0.15, 0.2) is 0 Å². The molecule has 0 heterocycles. The fraction of sp³-hybridized carbons (Fsp3) is 0.533. The van der Waals surface area contributed by atoms with Crippen LogP contribution in [0.2, 0.25) is 0 Å². The van der Waals surface area contributed by atoms with Crippen LogP contribution < -0.4 is 5.73 Å². The highest BCUT2D eigenvalue weighted by Gasteiger charge is 2.24. The van der Waals surface area contributed by atoms with Crippen molar-refractivity contribution >= 4 is 11.7 Å². The molecule has 18 heavy (non-hydrogen) atoms. The Hall–Kier alpha value is -1.51. The van der Waals surface area contributed by atoms with E-state index in [2.05, 4.69) is 6.92 Å². The van der Waals surface area contributed by atoms with Crippen molar-refractivity contribution in [3.05, 3.63) is 29.8 Å². The second-order valence-electron chi connectivity index (χ2n) is 5.21. The molecule has 2 atom stereocenters. The van der Waals surface area contributed by atoms with Gasteiger partial charge in [-0.15, -0.1) is 0 Å². The Kier molecular flexibility index (Phi) is 4.24. The second kappa shape index (κ2) is 5.89. The molecule has 1 saturated carbocycles. The average molecular weight is 247 g/mol. The van der Waals surface area contributed by atoms with E-state index in [1.807, 2.05) is 24.3 Å². The molecule has 0 aliphatic heterocycles. The van der Waals surface area contributed by atoms with Crippen molar-refractivity contribution in [2.24, 2.45) is 5.92 Å². The molecule has 1 aliphatic rings. The van der Waals surface area contributed by atoms with Crippen LogP contribution in [0, 0.1) is 5.92 Å². The number of carbonyl (C=O) groups excluding carboxylic acids is 1. The molecule has 2 N–H and O–H groups in total. The standard InChI is InChI=1S/C15H21NO2/c1-11-5-2-3-8-14(11)18-15(17)10-12-6-4-7-13(16)9-12/h4,6-7,9,11,14H,2-3,5,8,10,16H2,1H3. The molecule has 0 radical (unpaired) electrons. The molecule has 3 nitrogen and oxygen atoms in total. The summed E-state index contributed by atoms with van der Waals surface area (Å²) in [5.74, 6) is 0.350. The summed E-state index contributed by atoms with van der Waals surface area (Å²) in [5, 5.41) is 0. The van der Waals surface area contributed by atoms with Crippen LogP contribution in [0.5, 0.6) is 0 Å². The molecule has 0 amide bonds. The van der Waals surface area contributed by atoms with E-state index < -0.39 is 0 Å². The van der Waals surface area contributed by atoms with E-state index in [4.69, 9.17) is 10.5 Å². The molecule has 1 aromatic rings. The maximum absolute atomic E-state index is 11.9. The summed E-state index contributed by atoms with van der Waals surface area (Å²) in [4.78, 5) is 11.9. The maximum Gasteiger partial charge on any atom is 0.310 e. The van der Waals surface area contributed by atoms with Gasteiger partial charge in [0, 0.05) is 5.69 Å². The van der Waals surface area contributed by atoms with Gasteiger partial charge in [-0.25, -0.2) is 0 Å². The summed E-state index contributed by atoms with van der Waals surface area (Å²) in [6.07, 6.45) is 5.01. The minimum atomic E-state index is -0.139. The number of nitrogen functional groups attached to an aromatic ring is 1. The zero-order chi connectivity index (χ0) is 13.0. The molecule has 1 aromatic carbocycles. The average Bonchev–Trinajstić information content (AvgIpc) is 2.32. The number of nitrogens with two attached hydrogens (primary N) is 1. The molecule has 0 aromatic heterocycles. The van der Waals surface area contributed by atoms with Crippen molar-refractivity contribution in [1.82, 2.24) is 0 Å². The van der Waals surface area contributed by atoms with Crippen molar-refractivity contribution < 1.29 is 9.53 Å². The highest BCUT2D eigenvalue weighted by Crippen LogP contribution is 2.26. The second-order valence-corrected chi connectivity index (χ2v) is 5.21. The van der Waals surface area contributed by atoms with Gasteiger partial charge < -0.3 is 10.5 Å². The van der Waals surface area contributed by atoms with Gasteiger partial charge in [0.25, 0.3) is 0 Å². The lowest BCUT2D eigenvalue weighted by Gasteiger charge is -2.28. The largest absolute Gasteiger partial charge is 0.462 e. The van der Waals surface area contributed by atoms with Gasteiger partial charge in [-0.2, -0.15) is 0 Å². The lowest BCUT2D eigenvalue weighted by molar-refractivity contribution is -0.152. The Bertz CT molecular complexity index is 417. The SMILES string of the molecule is CC1CCCCC1OC(=O)Cc1cccc(N)c1. The van der Waals surface area contributed by atoms with Crippen LogP contribution in [0.1, 0.15) is 38.2 Å². The minimum Gasteiger partial charge on any atom is -0.462 e.